The van der Waals surface area contributed by atoms with Crippen molar-refractivity contribution in [3.05, 3.63) is 47.0 Å². The number of aryl methyl sites for hydroxylation is 1. The Morgan fingerprint density at radius 1 is 1.19 bits per heavy atom. The molecule has 2 aromatic carbocycles. The largest absolute Gasteiger partial charge is 0.495 e. The first kappa shape index (κ1) is 15.5. The zero-order chi connectivity index (χ0) is 15.6. The van der Waals surface area contributed by atoms with Crippen LogP contribution in [0.5, 0.6) is 5.75 Å². The van der Waals surface area contributed by atoms with Crippen LogP contribution in [-0.4, -0.2) is 15.5 Å². The van der Waals surface area contributed by atoms with E-state index in [-0.39, 0.29) is 9.92 Å². The van der Waals surface area contributed by atoms with Gasteiger partial charge in [-0.05, 0) is 42.8 Å². The number of halogens is 1. The van der Waals surface area contributed by atoms with Gasteiger partial charge >= 0.3 is 0 Å². The molecule has 0 spiro atoms. The standard InChI is InChI=1S/C14H15ClN2O3S/c1-9-3-4-10(16)7-13(9)17-21(18,19)11-5-6-14(20-2)12(15)8-11/h3-8,17H,16H2,1-2H3. The molecule has 0 amide bonds. The molecule has 0 bridgehead atoms. The molecule has 3 N–H and O–H groups in total. The second kappa shape index (κ2) is 5.83. The predicted octanol–water partition coefficient (Wildman–Crippen LogP) is 3.04. The maximum atomic E-state index is 12.4. The first-order chi connectivity index (χ1) is 9.83. The smallest absolute Gasteiger partial charge is 0.261 e. The van der Waals surface area contributed by atoms with Gasteiger partial charge in [-0.15, -0.1) is 0 Å². The summed E-state index contributed by atoms with van der Waals surface area (Å²) in [7, 11) is -2.28. The number of nitrogens with two attached hydrogens (primary N) is 1. The van der Waals surface area contributed by atoms with Crippen LogP contribution in [0.1, 0.15) is 5.56 Å². The van der Waals surface area contributed by atoms with Crippen molar-refractivity contribution >= 4 is 33.0 Å². The van der Waals surface area contributed by atoms with Gasteiger partial charge in [-0.25, -0.2) is 8.42 Å². The van der Waals surface area contributed by atoms with E-state index in [4.69, 9.17) is 22.1 Å². The minimum Gasteiger partial charge on any atom is -0.495 e. The molecule has 0 atom stereocenters. The molecule has 0 aliphatic carbocycles. The lowest BCUT2D eigenvalue weighted by molar-refractivity contribution is 0.414. The lowest BCUT2D eigenvalue weighted by Crippen LogP contribution is -2.14. The first-order valence-electron chi connectivity index (χ1n) is 6.06. The van der Waals surface area contributed by atoms with Crippen molar-refractivity contribution in [3.63, 3.8) is 0 Å². The van der Waals surface area contributed by atoms with Crippen molar-refractivity contribution in [1.29, 1.82) is 0 Å². The molecule has 0 aliphatic rings. The van der Waals surface area contributed by atoms with Crippen molar-refractivity contribution in [2.24, 2.45) is 0 Å². The fourth-order valence-electron chi connectivity index (χ4n) is 1.77. The molecule has 0 saturated carbocycles. The molecular formula is C14H15ClN2O3S. The van der Waals surface area contributed by atoms with Crippen LogP contribution in [0.15, 0.2) is 41.3 Å². The van der Waals surface area contributed by atoms with Gasteiger partial charge in [-0.2, -0.15) is 0 Å². The molecule has 0 heterocycles. The Hall–Kier alpha value is -1.92. The first-order valence-corrected chi connectivity index (χ1v) is 7.92. The van der Waals surface area contributed by atoms with Crippen LogP contribution < -0.4 is 15.2 Å². The van der Waals surface area contributed by atoms with Crippen LogP contribution in [0.3, 0.4) is 0 Å². The second-order valence-electron chi connectivity index (χ2n) is 4.48. The Morgan fingerprint density at radius 3 is 2.52 bits per heavy atom. The number of sulfonamides is 1. The van der Waals surface area contributed by atoms with Gasteiger partial charge < -0.3 is 10.5 Å². The SMILES string of the molecule is COc1ccc(S(=O)(=O)Nc2cc(N)ccc2C)cc1Cl. The van der Waals surface area contributed by atoms with Gasteiger partial charge in [0.2, 0.25) is 0 Å². The highest BCUT2D eigenvalue weighted by molar-refractivity contribution is 7.92. The van der Waals surface area contributed by atoms with E-state index in [0.717, 1.165) is 5.56 Å². The zero-order valence-corrected chi connectivity index (χ0v) is 13.1. The van der Waals surface area contributed by atoms with Crippen LogP contribution in [-0.2, 0) is 10.0 Å². The van der Waals surface area contributed by atoms with Crippen molar-refractivity contribution in [1.82, 2.24) is 0 Å². The Kier molecular flexibility index (Phi) is 4.29. The molecule has 112 valence electrons. The van der Waals surface area contributed by atoms with Gasteiger partial charge in [0.15, 0.2) is 0 Å². The monoisotopic (exact) mass is 326 g/mol. The van der Waals surface area contributed by atoms with Crippen molar-refractivity contribution in [3.8, 4) is 5.75 Å². The highest BCUT2D eigenvalue weighted by Gasteiger charge is 2.17. The maximum Gasteiger partial charge on any atom is 0.261 e. The maximum absolute atomic E-state index is 12.4. The van der Waals surface area contributed by atoms with E-state index < -0.39 is 10.0 Å². The minimum atomic E-state index is -3.75. The Balaban J connectivity index is 2.38. The topological polar surface area (TPSA) is 81.4 Å². The van der Waals surface area contributed by atoms with E-state index in [1.54, 1.807) is 25.1 Å². The third-order valence-corrected chi connectivity index (χ3v) is 4.60. The number of hydrogen-bond donors (Lipinski definition) is 2. The fraction of sp³-hybridized carbons (Fsp3) is 0.143. The summed E-state index contributed by atoms with van der Waals surface area (Å²) in [6.07, 6.45) is 0. The van der Waals surface area contributed by atoms with E-state index in [0.29, 0.717) is 17.1 Å². The molecule has 0 radical (unpaired) electrons. The number of nitrogens with one attached hydrogen (secondary N) is 1. The summed E-state index contributed by atoms with van der Waals surface area (Å²) in [5.74, 6) is 0.413. The minimum absolute atomic E-state index is 0.0510. The lowest BCUT2D eigenvalue weighted by atomic mass is 10.2. The van der Waals surface area contributed by atoms with Gasteiger partial charge in [0, 0.05) is 5.69 Å². The molecule has 0 fully saturated rings. The zero-order valence-electron chi connectivity index (χ0n) is 11.6. The van der Waals surface area contributed by atoms with Crippen LogP contribution in [0.4, 0.5) is 11.4 Å². The number of anilines is 2. The lowest BCUT2D eigenvalue weighted by Gasteiger charge is -2.12. The van der Waals surface area contributed by atoms with Crippen molar-refractivity contribution < 1.29 is 13.2 Å². The van der Waals surface area contributed by atoms with Crippen molar-refractivity contribution in [2.45, 2.75) is 11.8 Å². The molecular weight excluding hydrogens is 312 g/mol. The number of methoxy groups -OCH3 is 1. The van der Waals surface area contributed by atoms with Gasteiger partial charge in [0.25, 0.3) is 10.0 Å². The number of benzene rings is 2. The summed E-state index contributed by atoms with van der Waals surface area (Å²) in [4.78, 5) is 0.0510. The van der Waals surface area contributed by atoms with E-state index in [1.807, 2.05) is 0 Å². The normalized spacial score (nSPS) is 11.2. The highest BCUT2D eigenvalue weighted by Crippen LogP contribution is 2.28. The van der Waals surface area contributed by atoms with Gasteiger partial charge in [0.05, 0.1) is 22.7 Å². The van der Waals surface area contributed by atoms with Crippen LogP contribution in [0.25, 0.3) is 0 Å². The summed E-state index contributed by atoms with van der Waals surface area (Å²) >= 11 is 5.96. The van der Waals surface area contributed by atoms with E-state index in [9.17, 15) is 8.42 Å². The average molecular weight is 327 g/mol. The second-order valence-corrected chi connectivity index (χ2v) is 6.57. The molecule has 0 saturated heterocycles. The Labute approximate surface area is 128 Å². The number of ether oxygens (including phenoxy) is 1. The van der Waals surface area contributed by atoms with Crippen LogP contribution in [0.2, 0.25) is 5.02 Å². The molecule has 0 aliphatic heterocycles. The summed E-state index contributed by atoms with van der Waals surface area (Å²) in [5.41, 5.74) is 7.36. The Bertz CT molecular complexity index is 776. The summed E-state index contributed by atoms with van der Waals surface area (Å²) < 4.78 is 32.2. The summed E-state index contributed by atoms with van der Waals surface area (Å²) in [6.45, 7) is 1.79. The van der Waals surface area contributed by atoms with Crippen LogP contribution in [0, 0.1) is 6.92 Å². The molecule has 2 aromatic rings. The van der Waals surface area contributed by atoms with Gasteiger partial charge in [-0.1, -0.05) is 17.7 Å². The summed E-state index contributed by atoms with van der Waals surface area (Å²) in [6, 6.07) is 9.28. The van der Waals surface area contributed by atoms with Gasteiger partial charge in [0.1, 0.15) is 5.75 Å². The number of rotatable bonds is 4. The summed E-state index contributed by atoms with van der Waals surface area (Å²) in [5, 5.41) is 0.227. The third kappa shape index (κ3) is 3.40. The molecule has 2 rings (SSSR count). The predicted molar refractivity (Wildman–Crippen MR) is 84.4 cm³/mol. The van der Waals surface area contributed by atoms with Crippen LogP contribution >= 0.6 is 11.6 Å². The average Bonchev–Trinajstić information content (AvgIpc) is 2.42. The number of hydrogen-bond acceptors (Lipinski definition) is 4. The molecule has 7 heteroatoms. The Morgan fingerprint density at radius 2 is 1.90 bits per heavy atom. The third-order valence-electron chi connectivity index (χ3n) is 2.94. The molecule has 21 heavy (non-hydrogen) atoms. The fourth-order valence-corrected chi connectivity index (χ4v) is 3.24. The van der Waals surface area contributed by atoms with E-state index in [1.165, 1.54) is 25.3 Å². The van der Waals surface area contributed by atoms with E-state index in [2.05, 4.69) is 4.72 Å². The highest BCUT2D eigenvalue weighted by atomic mass is 35.5. The molecule has 5 nitrogen and oxygen atoms in total. The number of nitrogen functional groups attached to an aromatic ring is 1. The van der Waals surface area contributed by atoms with Crippen molar-refractivity contribution in [2.75, 3.05) is 17.6 Å². The quantitative estimate of drug-likeness (QED) is 0.846. The molecule has 0 unspecified atom stereocenters. The van der Waals surface area contributed by atoms with E-state index >= 15 is 0 Å². The molecule has 0 aromatic heterocycles. The van der Waals surface area contributed by atoms with Gasteiger partial charge in [-0.3, -0.25) is 4.72 Å².